The number of imidazole rings is 1. The molecule has 0 aliphatic carbocycles. The van der Waals surface area contributed by atoms with Crippen molar-refractivity contribution in [2.45, 2.75) is 23.0 Å². The van der Waals surface area contributed by atoms with Crippen LogP contribution >= 0.6 is 35.0 Å². The van der Waals surface area contributed by atoms with Gasteiger partial charge >= 0.3 is 0 Å². The topological polar surface area (TPSA) is 82.5 Å². The van der Waals surface area contributed by atoms with Gasteiger partial charge in [-0.3, -0.25) is 4.98 Å². The van der Waals surface area contributed by atoms with Gasteiger partial charge in [-0.25, -0.2) is 15.0 Å². The van der Waals surface area contributed by atoms with E-state index < -0.39 is 0 Å². The fraction of sp³-hybridized carbons (Fsp3) is 0.111. The number of pyridine rings is 1. The minimum atomic E-state index is 0.353. The van der Waals surface area contributed by atoms with Crippen LogP contribution in [0, 0.1) is 0 Å². The zero-order chi connectivity index (χ0) is 18.8. The first-order chi connectivity index (χ1) is 13.1. The quantitative estimate of drug-likeness (QED) is 0.515. The third kappa shape index (κ3) is 4.00. The van der Waals surface area contributed by atoms with E-state index in [9.17, 15) is 0 Å². The molecule has 0 spiro atoms. The highest BCUT2D eigenvalue weighted by molar-refractivity contribution is 7.99. The number of halogens is 2. The van der Waals surface area contributed by atoms with Gasteiger partial charge in [0.15, 0.2) is 22.1 Å². The average Bonchev–Trinajstić information content (AvgIpc) is 2.98. The van der Waals surface area contributed by atoms with Gasteiger partial charge in [0, 0.05) is 33.9 Å². The molecule has 0 radical (unpaired) electrons. The van der Waals surface area contributed by atoms with Gasteiger partial charge in [-0.2, -0.15) is 0 Å². The maximum absolute atomic E-state index is 6.13. The molecule has 0 unspecified atom stereocenters. The van der Waals surface area contributed by atoms with Gasteiger partial charge in [-0.1, -0.05) is 41.0 Å². The van der Waals surface area contributed by atoms with Crippen LogP contribution in [0.3, 0.4) is 0 Å². The fourth-order valence-electron chi connectivity index (χ4n) is 2.69. The lowest BCUT2D eigenvalue weighted by molar-refractivity contribution is 0.646. The lowest BCUT2D eigenvalue weighted by Crippen LogP contribution is -2.04. The van der Waals surface area contributed by atoms with Crippen LogP contribution < -0.4 is 5.73 Å². The Kier molecular flexibility index (Phi) is 5.15. The van der Waals surface area contributed by atoms with E-state index >= 15 is 0 Å². The maximum Gasteiger partial charge on any atom is 0.175 e. The molecule has 0 saturated heterocycles. The molecule has 0 saturated carbocycles. The summed E-state index contributed by atoms with van der Waals surface area (Å²) >= 11 is 13.7. The zero-order valence-corrected chi connectivity index (χ0v) is 16.3. The molecule has 0 aliphatic heterocycles. The molecule has 0 amide bonds. The molecule has 9 heteroatoms. The highest BCUT2D eigenvalue weighted by atomic mass is 35.5. The van der Waals surface area contributed by atoms with Gasteiger partial charge in [0.2, 0.25) is 0 Å². The number of benzene rings is 1. The van der Waals surface area contributed by atoms with Crippen molar-refractivity contribution in [1.29, 1.82) is 0 Å². The van der Waals surface area contributed by atoms with E-state index in [0.717, 1.165) is 22.0 Å². The minimum absolute atomic E-state index is 0.353. The van der Waals surface area contributed by atoms with Crippen molar-refractivity contribution in [3.63, 3.8) is 0 Å². The summed E-state index contributed by atoms with van der Waals surface area (Å²) in [4.78, 5) is 18.1. The molecular formula is C18H14Cl2N6S. The summed E-state index contributed by atoms with van der Waals surface area (Å²) in [5, 5.41) is 1.89. The molecule has 4 rings (SSSR count). The lowest BCUT2D eigenvalue weighted by atomic mass is 10.2. The summed E-state index contributed by atoms with van der Waals surface area (Å²) in [7, 11) is 0. The van der Waals surface area contributed by atoms with Gasteiger partial charge in [-0.05, 0) is 36.2 Å². The molecular weight excluding hydrogens is 403 g/mol. The molecule has 1 aromatic carbocycles. The van der Waals surface area contributed by atoms with Gasteiger partial charge in [0.05, 0.1) is 0 Å². The van der Waals surface area contributed by atoms with E-state index in [4.69, 9.17) is 28.9 Å². The highest BCUT2D eigenvalue weighted by Gasteiger charge is 2.16. The first kappa shape index (κ1) is 18.0. The Morgan fingerprint density at radius 3 is 2.67 bits per heavy atom. The van der Waals surface area contributed by atoms with Crippen LogP contribution in [0.4, 0.5) is 5.82 Å². The molecule has 0 bridgehead atoms. The smallest absolute Gasteiger partial charge is 0.175 e. The predicted molar refractivity (Wildman–Crippen MR) is 108 cm³/mol. The second-order valence-corrected chi connectivity index (χ2v) is 7.71. The minimum Gasteiger partial charge on any atom is -0.382 e. The SMILES string of the molecule is Nc1ncnc2c1nc(Sc1cc(Cl)cc(Cl)c1)n2CCc1cccnc1. The van der Waals surface area contributed by atoms with Gasteiger partial charge < -0.3 is 10.3 Å². The van der Waals surface area contributed by atoms with Crippen LogP contribution in [0.15, 0.2) is 59.1 Å². The molecule has 0 fully saturated rings. The second kappa shape index (κ2) is 7.72. The monoisotopic (exact) mass is 416 g/mol. The van der Waals surface area contributed by atoms with Crippen molar-refractivity contribution in [2.24, 2.45) is 0 Å². The summed E-state index contributed by atoms with van der Waals surface area (Å²) in [5.41, 5.74) is 8.41. The van der Waals surface area contributed by atoms with Crippen molar-refractivity contribution in [2.75, 3.05) is 5.73 Å². The van der Waals surface area contributed by atoms with Gasteiger partial charge in [0.25, 0.3) is 0 Å². The third-order valence-electron chi connectivity index (χ3n) is 3.92. The van der Waals surface area contributed by atoms with E-state index in [1.807, 2.05) is 35.0 Å². The maximum atomic E-state index is 6.13. The van der Waals surface area contributed by atoms with E-state index in [1.165, 1.54) is 18.1 Å². The van der Waals surface area contributed by atoms with Crippen molar-refractivity contribution >= 4 is 51.9 Å². The first-order valence-corrected chi connectivity index (χ1v) is 9.67. The number of aromatic nitrogens is 5. The Morgan fingerprint density at radius 2 is 1.93 bits per heavy atom. The highest BCUT2D eigenvalue weighted by Crippen LogP contribution is 2.34. The van der Waals surface area contributed by atoms with E-state index in [2.05, 4.69) is 19.9 Å². The number of nitrogen functional groups attached to an aromatic ring is 1. The Hall–Kier alpha value is -2.35. The number of nitrogens with two attached hydrogens (primary N) is 1. The largest absolute Gasteiger partial charge is 0.382 e. The molecule has 0 aliphatic rings. The van der Waals surface area contributed by atoms with E-state index in [1.54, 1.807) is 12.3 Å². The second-order valence-electron chi connectivity index (χ2n) is 5.80. The van der Waals surface area contributed by atoms with E-state index in [-0.39, 0.29) is 0 Å². The molecule has 4 aromatic rings. The Morgan fingerprint density at radius 1 is 1.11 bits per heavy atom. The number of aryl methyl sites for hydroxylation is 2. The van der Waals surface area contributed by atoms with Gasteiger partial charge in [-0.15, -0.1) is 0 Å². The molecule has 6 nitrogen and oxygen atoms in total. The standard InChI is InChI=1S/C18H14Cl2N6S/c19-12-6-13(20)8-14(7-12)27-18-25-15-16(21)23-10-24-17(15)26(18)5-3-11-2-1-4-22-9-11/h1-2,4,6-10H,3,5H2,(H2,21,23,24). The summed E-state index contributed by atoms with van der Waals surface area (Å²) in [5.74, 6) is 0.353. The Labute approximate surface area is 169 Å². The molecule has 136 valence electrons. The molecule has 3 heterocycles. The van der Waals surface area contributed by atoms with Crippen molar-refractivity contribution in [3.8, 4) is 0 Å². The molecule has 27 heavy (non-hydrogen) atoms. The summed E-state index contributed by atoms with van der Waals surface area (Å²) in [6, 6.07) is 9.35. The average molecular weight is 417 g/mol. The van der Waals surface area contributed by atoms with Crippen LogP contribution in [-0.4, -0.2) is 24.5 Å². The fourth-order valence-corrected chi connectivity index (χ4v) is 4.36. The number of hydrogen-bond acceptors (Lipinski definition) is 6. The lowest BCUT2D eigenvalue weighted by Gasteiger charge is -2.09. The van der Waals surface area contributed by atoms with Crippen molar-refractivity contribution in [3.05, 3.63) is 64.7 Å². The summed E-state index contributed by atoms with van der Waals surface area (Å²) in [6.45, 7) is 0.676. The predicted octanol–water partition coefficient (Wildman–Crippen LogP) is 4.50. The Bertz CT molecular complexity index is 1080. The summed E-state index contributed by atoms with van der Waals surface area (Å²) in [6.07, 6.45) is 5.85. The normalized spacial score (nSPS) is 11.2. The number of anilines is 1. The van der Waals surface area contributed by atoms with Crippen molar-refractivity contribution < 1.29 is 0 Å². The first-order valence-electron chi connectivity index (χ1n) is 8.10. The van der Waals surface area contributed by atoms with Crippen molar-refractivity contribution in [1.82, 2.24) is 24.5 Å². The van der Waals surface area contributed by atoms with Crippen LogP contribution in [0.25, 0.3) is 11.2 Å². The zero-order valence-electron chi connectivity index (χ0n) is 14.0. The Balaban J connectivity index is 1.73. The third-order valence-corrected chi connectivity index (χ3v) is 5.32. The van der Waals surface area contributed by atoms with Gasteiger partial charge in [0.1, 0.15) is 6.33 Å². The number of rotatable bonds is 5. The van der Waals surface area contributed by atoms with Crippen LogP contribution in [0.1, 0.15) is 5.56 Å². The van der Waals surface area contributed by atoms with Crippen LogP contribution in [0.5, 0.6) is 0 Å². The van der Waals surface area contributed by atoms with Crippen LogP contribution in [-0.2, 0) is 13.0 Å². The number of hydrogen-bond donors (Lipinski definition) is 1. The van der Waals surface area contributed by atoms with E-state index in [0.29, 0.717) is 33.6 Å². The molecule has 2 N–H and O–H groups in total. The molecule has 3 aromatic heterocycles. The van der Waals surface area contributed by atoms with Crippen LogP contribution in [0.2, 0.25) is 10.0 Å². The summed E-state index contributed by atoms with van der Waals surface area (Å²) < 4.78 is 2.03. The number of nitrogens with zero attached hydrogens (tertiary/aromatic N) is 5. The molecule has 0 atom stereocenters. The number of fused-ring (bicyclic) bond motifs is 1.